The topological polar surface area (TPSA) is 78.8 Å². The van der Waals surface area contributed by atoms with Gasteiger partial charge in [0.15, 0.2) is 11.2 Å². The van der Waals surface area contributed by atoms with Gasteiger partial charge in [0.1, 0.15) is 0 Å². The first kappa shape index (κ1) is 14.0. The molecule has 1 atom stereocenters. The summed E-state index contributed by atoms with van der Waals surface area (Å²) < 4.78 is 0. The summed E-state index contributed by atoms with van der Waals surface area (Å²) in [6.45, 7) is 2.60. The first-order valence-corrected chi connectivity index (χ1v) is 7.48. The number of rotatable bonds is 5. The average molecular weight is 283 g/mol. The van der Waals surface area contributed by atoms with Crippen molar-refractivity contribution in [3.63, 3.8) is 0 Å². The quantitative estimate of drug-likeness (QED) is 0.589. The predicted octanol–water partition coefficient (Wildman–Crippen LogP) is 0.523. The molecule has 19 heavy (non-hydrogen) atoms. The molecule has 1 saturated heterocycles. The number of carbonyl (C=O) groups excluding carboxylic acids is 3. The van der Waals surface area contributed by atoms with E-state index >= 15 is 0 Å². The van der Waals surface area contributed by atoms with Crippen molar-refractivity contribution in [2.75, 3.05) is 12.3 Å². The highest BCUT2D eigenvalue weighted by atomic mass is 32.2. The molecule has 0 aliphatic carbocycles. The van der Waals surface area contributed by atoms with Gasteiger partial charge in [-0.25, -0.2) is 0 Å². The van der Waals surface area contributed by atoms with E-state index in [0.717, 1.165) is 25.0 Å². The summed E-state index contributed by atoms with van der Waals surface area (Å²) in [6.07, 6.45) is 3.10. The second-order valence-electron chi connectivity index (χ2n) is 4.53. The molecule has 0 saturated carbocycles. The molecule has 0 radical (unpaired) electrons. The maximum absolute atomic E-state index is 12.1. The summed E-state index contributed by atoms with van der Waals surface area (Å²) in [5.41, 5.74) is 0. The molecule has 2 rings (SSSR count). The molecule has 0 aromatic heterocycles. The Balaban J connectivity index is 1.95. The van der Waals surface area contributed by atoms with Crippen molar-refractivity contribution in [3.05, 3.63) is 0 Å². The van der Waals surface area contributed by atoms with Crippen LogP contribution in [0.2, 0.25) is 0 Å². The molecule has 7 heteroatoms. The van der Waals surface area contributed by atoms with E-state index in [2.05, 4.69) is 10.3 Å². The van der Waals surface area contributed by atoms with Gasteiger partial charge in [0, 0.05) is 18.7 Å². The zero-order chi connectivity index (χ0) is 13.8. The molecule has 0 aromatic rings. The third-order valence-corrected chi connectivity index (χ3v) is 4.01. The lowest BCUT2D eigenvalue weighted by Gasteiger charge is -2.25. The van der Waals surface area contributed by atoms with E-state index in [1.54, 1.807) is 0 Å². The van der Waals surface area contributed by atoms with E-state index < -0.39 is 11.9 Å². The number of hydrogen-bond acceptors (Lipinski definition) is 4. The Kier molecular flexibility index (Phi) is 4.57. The molecular weight excluding hydrogens is 266 g/mol. The molecule has 2 heterocycles. The summed E-state index contributed by atoms with van der Waals surface area (Å²) >= 11 is 1.39. The predicted molar refractivity (Wildman–Crippen MR) is 72.7 cm³/mol. The van der Waals surface area contributed by atoms with Gasteiger partial charge in [-0.15, -0.1) is 0 Å². The third-order valence-electron chi connectivity index (χ3n) is 3.06. The summed E-state index contributed by atoms with van der Waals surface area (Å²) in [5, 5.41) is 2.96. The molecule has 0 spiro atoms. The van der Waals surface area contributed by atoms with E-state index in [4.69, 9.17) is 0 Å². The normalized spacial score (nSPS) is 22.3. The number of amides is 3. The van der Waals surface area contributed by atoms with Gasteiger partial charge in [-0.1, -0.05) is 31.5 Å². The fourth-order valence-electron chi connectivity index (χ4n) is 2.01. The summed E-state index contributed by atoms with van der Waals surface area (Å²) in [5.74, 6) is -0.432. The van der Waals surface area contributed by atoms with Crippen molar-refractivity contribution in [2.45, 2.75) is 38.6 Å². The van der Waals surface area contributed by atoms with Crippen LogP contribution in [-0.4, -0.2) is 46.1 Å². The largest absolute Gasteiger partial charge is 0.336 e. The Morgan fingerprint density at radius 1 is 1.47 bits per heavy atom. The van der Waals surface area contributed by atoms with Gasteiger partial charge >= 0.3 is 0 Å². The molecule has 104 valence electrons. The van der Waals surface area contributed by atoms with Crippen molar-refractivity contribution in [2.24, 2.45) is 4.99 Å². The lowest BCUT2D eigenvalue weighted by Crippen LogP contribution is -2.55. The van der Waals surface area contributed by atoms with Gasteiger partial charge in [0.25, 0.3) is 11.8 Å². The van der Waals surface area contributed by atoms with Crippen LogP contribution in [0, 0.1) is 0 Å². The number of fused-ring (bicyclic) bond motifs is 1. The van der Waals surface area contributed by atoms with Gasteiger partial charge in [-0.3, -0.25) is 19.3 Å². The molecule has 0 aromatic carbocycles. The Hall–Kier alpha value is -1.37. The number of unbranched alkanes of at least 4 members (excludes halogenated alkanes) is 2. The van der Waals surface area contributed by atoms with Crippen molar-refractivity contribution in [1.29, 1.82) is 0 Å². The highest BCUT2D eigenvalue weighted by Gasteiger charge is 2.40. The van der Waals surface area contributed by atoms with Crippen LogP contribution in [0.3, 0.4) is 0 Å². The van der Waals surface area contributed by atoms with Crippen LogP contribution in [0.4, 0.5) is 0 Å². The second kappa shape index (κ2) is 6.18. The number of amidine groups is 1. The maximum atomic E-state index is 12.1. The van der Waals surface area contributed by atoms with Crippen LogP contribution < -0.4 is 5.32 Å². The average Bonchev–Trinajstić information content (AvgIpc) is 2.83. The minimum atomic E-state index is -1.13. The monoisotopic (exact) mass is 283 g/mol. The van der Waals surface area contributed by atoms with Gasteiger partial charge in [-0.2, -0.15) is 4.99 Å². The lowest BCUT2D eigenvalue weighted by atomic mass is 10.1. The summed E-state index contributed by atoms with van der Waals surface area (Å²) in [7, 11) is 0. The first-order chi connectivity index (χ1) is 9.13. The zero-order valence-corrected chi connectivity index (χ0v) is 11.7. The number of nitrogens with zero attached hydrogens (tertiary/aromatic N) is 2. The van der Waals surface area contributed by atoms with Gasteiger partial charge in [-0.05, 0) is 6.42 Å². The summed E-state index contributed by atoms with van der Waals surface area (Å²) in [6, 6.07) is -1.13. The maximum Gasteiger partial charge on any atom is 0.280 e. The second-order valence-corrected chi connectivity index (χ2v) is 5.59. The van der Waals surface area contributed by atoms with Crippen molar-refractivity contribution in [3.8, 4) is 0 Å². The molecule has 1 N–H and O–H groups in total. The van der Waals surface area contributed by atoms with E-state index in [9.17, 15) is 14.4 Å². The highest BCUT2D eigenvalue weighted by Crippen LogP contribution is 2.22. The molecule has 1 fully saturated rings. The third kappa shape index (κ3) is 3.15. The SMILES string of the molecule is CCCCCC(=O)NC1C(=O)N=C2SCCN2C1=O. The minimum absolute atomic E-state index is 0.259. The number of nitrogens with one attached hydrogen (secondary N) is 1. The van der Waals surface area contributed by atoms with E-state index in [1.807, 2.05) is 6.92 Å². The van der Waals surface area contributed by atoms with Crippen molar-refractivity contribution >= 4 is 34.7 Å². The van der Waals surface area contributed by atoms with Crippen LogP contribution in [0.5, 0.6) is 0 Å². The number of aliphatic imine (C=N–C) groups is 1. The van der Waals surface area contributed by atoms with Crippen molar-refractivity contribution < 1.29 is 14.4 Å². The zero-order valence-electron chi connectivity index (χ0n) is 10.8. The Labute approximate surface area is 116 Å². The number of hydrogen-bond donors (Lipinski definition) is 1. The molecule has 2 aliphatic rings. The molecule has 0 bridgehead atoms. The fraction of sp³-hybridized carbons (Fsp3) is 0.667. The Bertz CT molecular complexity index is 436. The van der Waals surface area contributed by atoms with Crippen LogP contribution in [-0.2, 0) is 14.4 Å². The van der Waals surface area contributed by atoms with Crippen LogP contribution in [0.15, 0.2) is 4.99 Å². The molecule has 3 amide bonds. The van der Waals surface area contributed by atoms with E-state index in [-0.39, 0.29) is 11.8 Å². The van der Waals surface area contributed by atoms with E-state index in [1.165, 1.54) is 16.7 Å². The number of thioether (sulfide) groups is 1. The Morgan fingerprint density at radius 2 is 2.26 bits per heavy atom. The fourth-order valence-corrected chi connectivity index (χ4v) is 2.96. The van der Waals surface area contributed by atoms with Crippen LogP contribution in [0.25, 0.3) is 0 Å². The number of carbonyl (C=O) groups is 3. The standard InChI is InChI=1S/C12H17N3O3S/c1-2-3-4-5-8(16)13-9-10(17)14-12-15(11(9)18)6-7-19-12/h9H,2-7H2,1H3,(H,13,16). The Morgan fingerprint density at radius 3 is 3.00 bits per heavy atom. The van der Waals surface area contributed by atoms with Gasteiger partial charge in [0.2, 0.25) is 5.91 Å². The van der Waals surface area contributed by atoms with Gasteiger partial charge in [0.05, 0.1) is 0 Å². The molecular formula is C12H17N3O3S. The van der Waals surface area contributed by atoms with E-state index in [0.29, 0.717) is 18.1 Å². The van der Waals surface area contributed by atoms with Gasteiger partial charge < -0.3 is 5.32 Å². The van der Waals surface area contributed by atoms with Crippen molar-refractivity contribution in [1.82, 2.24) is 10.2 Å². The van der Waals surface area contributed by atoms with Crippen LogP contribution >= 0.6 is 11.8 Å². The minimum Gasteiger partial charge on any atom is -0.336 e. The summed E-state index contributed by atoms with van der Waals surface area (Å²) in [4.78, 5) is 40.8. The molecule has 2 aliphatic heterocycles. The molecule has 6 nitrogen and oxygen atoms in total. The molecule has 1 unspecified atom stereocenters. The first-order valence-electron chi connectivity index (χ1n) is 6.49. The lowest BCUT2D eigenvalue weighted by molar-refractivity contribution is -0.139. The smallest absolute Gasteiger partial charge is 0.280 e. The van der Waals surface area contributed by atoms with Crippen LogP contribution in [0.1, 0.15) is 32.6 Å². The highest BCUT2D eigenvalue weighted by molar-refractivity contribution is 8.14.